The predicted molar refractivity (Wildman–Crippen MR) is 100 cm³/mol. The van der Waals surface area contributed by atoms with Gasteiger partial charge in [0.2, 0.25) is 5.79 Å². The number of aromatic nitrogens is 3. The zero-order chi connectivity index (χ0) is 21.8. The molecule has 2 aromatic carbocycles. The number of rotatable bonds is 6. The zero-order valence-electron chi connectivity index (χ0n) is 16.1. The van der Waals surface area contributed by atoms with Gasteiger partial charge in [-0.05, 0) is 36.4 Å². The van der Waals surface area contributed by atoms with Crippen molar-refractivity contribution in [3.8, 4) is 6.07 Å². The second kappa shape index (κ2) is 8.59. The summed E-state index contributed by atoms with van der Waals surface area (Å²) in [6.45, 7) is -0.192. The van der Waals surface area contributed by atoms with Gasteiger partial charge in [0, 0.05) is 11.6 Å². The summed E-state index contributed by atoms with van der Waals surface area (Å²) in [6, 6.07) is 11.0. The molecule has 0 spiro atoms. The highest BCUT2D eigenvalue weighted by Gasteiger charge is 2.46. The number of carbonyl (C=O) groups excluding carboxylic acids is 1. The Morgan fingerprint density at radius 3 is 2.77 bits per heavy atom. The second-order valence-corrected chi connectivity index (χ2v) is 6.81. The third kappa shape index (κ3) is 4.42. The first-order valence-corrected chi connectivity index (χ1v) is 9.26. The lowest BCUT2D eigenvalue weighted by Crippen LogP contribution is -2.35. The maximum Gasteiger partial charge on any atom is 0.338 e. The van der Waals surface area contributed by atoms with Crippen molar-refractivity contribution >= 4 is 5.97 Å². The quantitative estimate of drug-likeness (QED) is 0.559. The van der Waals surface area contributed by atoms with Crippen LogP contribution in [0, 0.1) is 23.0 Å². The van der Waals surface area contributed by atoms with Gasteiger partial charge in [-0.2, -0.15) is 10.4 Å². The highest BCUT2D eigenvalue weighted by atomic mass is 19.1. The Balaban J connectivity index is 1.49. The number of carbonyl (C=O) groups is 1. The minimum atomic E-state index is -1.60. The molecule has 4 rings (SSSR count). The van der Waals surface area contributed by atoms with Gasteiger partial charge in [0.15, 0.2) is 0 Å². The average molecular weight is 426 g/mol. The van der Waals surface area contributed by atoms with E-state index in [2.05, 4.69) is 10.1 Å². The van der Waals surface area contributed by atoms with Gasteiger partial charge in [-0.25, -0.2) is 23.2 Å². The molecule has 0 N–H and O–H groups in total. The van der Waals surface area contributed by atoms with Crippen LogP contribution in [0.15, 0.2) is 55.1 Å². The molecule has 0 radical (unpaired) electrons. The Hall–Kier alpha value is -3.68. The molecule has 1 aliphatic heterocycles. The molecule has 2 heterocycles. The van der Waals surface area contributed by atoms with Gasteiger partial charge >= 0.3 is 5.97 Å². The fraction of sp³-hybridized carbons (Fsp3) is 0.238. The molecule has 2 unspecified atom stereocenters. The van der Waals surface area contributed by atoms with Crippen LogP contribution in [-0.4, -0.2) is 40.1 Å². The monoisotopic (exact) mass is 426 g/mol. The molecule has 1 saturated heterocycles. The number of nitriles is 1. The number of halogens is 2. The first-order valence-electron chi connectivity index (χ1n) is 9.26. The summed E-state index contributed by atoms with van der Waals surface area (Å²) < 4.78 is 46.4. The summed E-state index contributed by atoms with van der Waals surface area (Å²) in [5.41, 5.74) is 0.685. The number of ether oxygens (including phenoxy) is 3. The molecule has 0 amide bonds. The topological polar surface area (TPSA) is 99.3 Å². The van der Waals surface area contributed by atoms with Crippen LogP contribution in [0.5, 0.6) is 0 Å². The zero-order valence-corrected chi connectivity index (χ0v) is 16.1. The molecule has 0 aliphatic carbocycles. The maximum atomic E-state index is 14.5. The van der Waals surface area contributed by atoms with Crippen molar-refractivity contribution in [2.75, 3.05) is 13.2 Å². The van der Waals surface area contributed by atoms with Crippen LogP contribution in [0.4, 0.5) is 8.78 Å². The van der Waals surface area contributed by atoms with Crippen molar-refractivity contribution in [3.05, 3.63) is 83.4 Å². The van der Waals surface area contributed by atoms with E-state index in [1.54, 1.807) is 0 Å². The van der Waals surface area contributed by atoms with E-state index in [0.717, 1.165) is 12.1 Å². The second-order valence-electron chi connectivity index (χ2n) is 6.81. The van der Waals surface area contributed by atoms with Crippen molar-refractivity contribution < 1.29 is 27.8 Å². The van der Waals surface area contributed by atoms with Gasteiger partial charge in [-0.1, -0.05) is 0 Å². The minimum absolute atomic E-state index is 0.00611. The lowest BCUT2D eigenvalue weighted by molar-refractivity contribution is -0.193. The molecule has 0 saturated carbocycles. The van der Waals surface area contributed by atoms with E-state index in [-0.39, 0.29) is 30.9 Å². The first kappa shape index (κ1) is 20.6. The number of hydrogen-bond donors (Lipinski definition) is 0. The molecule has 8 nitrogen and oxygen atoms in total. The summed E-state index contributed by atoms with van der Waals surface area (Å²) >= 11 is 0. The fourth-order valence-corrected chi connectivity index (χ4v) is 3.22. The van der Waals surface area contributed by atoms with Crippen LogP contribution in [0.2, 0.25) is 0 Å². The molecular weight excluding hydrogens is 410 g/mol. The molecule has 2 atom stereocenters. The molecule has 158 valence electrons. The number of nitrogens with zero attached hydrogens (tertiary/aromatic N) is 4. The van der Waals surface area contributed by atoms with Crippen LogP contribution in [0.1, 0.15) is 21.5 Å². The van der Waals surface area contributed by atoms with Gasteiger partial charge in [0.05, 0.1) is 23.8 Å². The largest absolute Gasteiger partial charge is 0.459 e. The smallest absolute Gasteiger partial charge is 0.338 e. The van der Waals surface area contributed by atoms with Gasteiger partial charge in [0.25, 0.3) is 0 Å². The van der Waals surface area contributed by atoms with Gasteiger partial charge in [-0.15, -0.1) is 0 Å². The highest BCUT2D eigenvalue weighted by Crippen LogP contribution is 2.37. The first-order chi connectivity index (χ1) is 15.0. The van der Waals surface area contributed by atoms with Crippen LogP contribution in [0.25, 0.3) is 0 Å². The fourth-order valence-electron chi connectivity index (χ4n) is 3.22. The lowest BCUT2D eigenvalue weighted by Gasteiger charge is -2.28. The van der Waals surface area contributed by atoms with E-state index < -0.39 is 29.5 Å². The SMILES string of the molecule is N#Cc1ccc(C(=O)OCC2COC(Cn3cncn3)(c3ccc(F)cc3F)O2)cc1. The van der Waals surface area contributed by atoms with E-state index in [4.69, 9.17) is 19.5 Å². The molecular formula is C21H16F2N4O4. The Kier molecular flexibility index (Phi) is 5.70. The van der Waals surface area contributed by atoms with E-state index in [0.29, 0.717) is 5.56 Å². The Morgan fingerprint density at radius 2 is 2.10 bits per heavy atom. The van der Waals surface area contributed by atoms with Gasteiger partial charge in [-0.3, -0.25) is 0 Å². The number of esters is 1. The Labute approximate surface area is 175 Å². The van der Waals surface area contributed by atoms with Crippen molar-refractivity contribution in [3.63, 3.8) is 0 Å². The highest BCUT2D eigenvalue weighted by molar-refractivity contribution is 5.89. The molecule has 3 aromatic rings. The van der Waals surface area contributed by atoms with E-state index in [1.165, 1.54) is 47.7 Å². The molecule has 10 heteroatoms. The summed E-state index contributed by atoms with van der Waals surface area (Å²) in [7, 11) is 0. The summed E-state index contributed by atoms with van der Waals surface area (Å²) in [6.07, 6.45) is 2.02. The van der Waals surface area contributed by atoms with E-state index >= 15 is 0 Å². The van der Waals surface area contributed by atoms with E-state index in [1.807, 2.05) is 6.07 Å². The lowest BCUT2D eigenvalue weighted by atomic mass is 10.0. The maximum absolute atomic E-state index is 14.5. The van der Waals surface area contributed by atoms with Crippen LogP contribution in [0.3, 0.4) is 0 Å². The number of hydrogen-bond acceptors (Lipinski definition) is 7. The minimum Gasteiger partial charge on any atom is -0.459 e. The summed E-state index contributed by atoms with van der Waals surface area (Å²) in [5.74, 6) is -3.77. The molecule has 0 bridgehead atoms. The summed E-state index contributed by atoms with van der Waals surface area (Å²) in [4.78, 5) is 16.1. The normalized spacial score (nSPS) is 20.4. The molecule has 1 aromatic heterocycles. The van der Waals surface area contributed by atoms with Crippen molar-refractivity contribution in [2.45, 2.75) is 18.4 Å². The average Bonchev–Trinajstić information content (AvgIpc) is 3.43. The Bertz CT molecular complexity index is 1120. The van der Waals surface area contributed by atoms with Crippen molar-refractivity contribution in [1.82, 2.24) is 14.8 Å². The van der Waals surface area contributed by atoms with Gasteiger partial charge in [0.1, 0.15) is 43.5 Å². The van der Waals surface area contributed by atoms with Crippen LogP contribution >= 0.6 is 0 Å². The van der Waals surface area contributed by atoms with Gasteiger partial charge < -0.3 is 14.2 Å². The molecule has 31 heavy (non-hydrogen) atoms. The Morgan fingerprint density at radius 1 is 1.29 bits per heavy atom. The predicted octanol–water partition coefficient (Wildman–Crippen LogP) is 2.55. The molecule has 1 aliphatic rings. The third-order valence-electron chi connectivity index (χ3n) is 4.69. The summed E-state index contributed by atoms with van der Waals surface area (Å²) in [5, 5.41) is 12.8. The standard InChI is InChI=1S/C21H16F2N4O4/c22-16-5-6-18(19(23)7-16)21(11-27-13-25-12-26-27)30-10-17(31-21)9-29-20(28)15-3-1-14(8-24)2-4-15/h1-7,12-13,17H,9-11H2. The van der Waals surface area contributed by atoms with Crippen molar-refractivity contribution in [2.24, 2.45) is 0 Å². The van der Waals surface area contributed by atoms with Crippen LogP contribution in [-0.2, 0) is 26.5 Å². The van der Waals surface area contributed by atoms with Crippen LogP contribution < -0.4 is 0 Å². The molecule has 1 fully saturated rings. The van der Waals surface area contributed by atoms with Crippen molar-refractivity contribution in [1.29, 1.82) is 5.26 Å². The van der Waals surface area contributed by atoms with E-state index in [9.17, 15) is 13.6 Å². The third-order valence-corrected chi connectivity index (χ3v) is 4.69. The number of benzene rings is 2.